The first kappa shape index (κ1) is 9.65. The van der Waals surface area contributed by atoms with E-state index in [1.165, 1.54) is 0 Å². The first-order chi connectivity index (χ1) is 7.36. The van der Waals surface area contributed by atoms with Crippen LogP contribution in [0.2, 0.25) is 0 Å². The molecule has 76 valence electrons. The van der Waals surface area contributed by atoms with Gasteiger partial charge in [0.2, 0.25) is 0 Å². The number of nitrogens with zero attached hydrogens (tertiary/aromatic N) is 1. The Bertz CT molecular complexity index is 494. The quantitative estimate of drug-likeness (QED) is 0.716. The molecule has 0 saturated carbocycles. The number of aromatic nitrogens is 1. The van der Waals surface area contributed by atoms with E-state index < -0.39 is 0 Å². The number of benzene rings is 1. The summed E-state index contributed by atoms with van der Waals surface area (Å²) in [6.45, 7) is 2.43. The number of carbonyl (C=O) groups excluding carboxylic acids is 1. The molecular formula is C12H11NO2. The minimum absolute atomic E-state index is 0.523. The lowest BCUT2D eigenvalue weighted by atomic mass is 10.1. The molecule has 1 aromatic heterocycles. The second-order valence-electron chi connectivity index (χ2n) is 3.10. The Morgan fingerprint density at radius 2 is 2.27 bits per heavy atom. The first-order valence-corrected chi connectivity index (χ1v) is 4.82. The normalized spacial score (nSPS) is 10.2. The standard InChI is InChI=1S/C12H11NO2/c1-2-15-11-6-5-9-4-3-7-13-12(9)10(11)8-14/h3-8H,2H2,1H3. The van der Waals surface area contributed by atoms with Crippen LogP contribution in [0.5, 0.6) is 5.75 Å². The van der Waals surface area contributed by atoms with Crippen molar-refractivity contribution in [3.8, 4) is 5.75 Å². The van der Waals surface area contributed by atoms with E-state index in [4.69, 9.17) is 4.74 Å². The third kappa shape index (κ3) is 1.68. The third-order valence-corrected chi connectivity index (χ3v) is 2.19. The predicted octanol–water partition coefficient (Wildman–Crippen LogP) is 2.45. The maximum atomic E-state index is 11.0. The van der Waals surface area contributed by atoms with Crippen LogP contribution >= 0.6 is 0 Å². The summed E-state index contributed by atoms with van der Waals surface area (Å²) < 4.78 is 5.36. The van der Waals surface area contributed by atoms with E-state index in [2.05, 4.69) is 4.98 Å². The van der Waals surface area contributed by atoms with Gasteiger partial charge in [-0.3, -0.25) is 9.78 Å². The Hall–Kier alpha value is -1.90. The monoisotopic (exact) mass is 201 g/mol. The van der Waals surface area contributed by atoms with Crippen molar-refractivity contribution < 1.29 is 9.53 Å². The molecule has 0 bridgehead atoms. The van der Waals surface area contributed by atoms with E-state index in [9.17, 15) is 4.79 Å². The van der Waals surface area contributed by atoms with Crippen LogP contribution in [0.25, 0.3) is 10.9 Å². The summed E-state index contributed by atoms with van der Waals surface area (Å²) in [5.74, 6) is 0.596. The van der Waals surface area contributed by atoms with Crippen molar-refractivity contribution in [2.75, 3.05) is 6.61 Å². The molecule has 2 aromatic rings. The zero-order valence-electron chi connectivity index (χ0n) is 8.43. The molecule has 3 heteroatoms. The minimum Gasteiger partial charge on any atom is -0.493 e. The molecule has 0 radical (unpaired) electrons. The number of aldehydes is 1. The van der Waals surface area contributed by atoms with Crippen LogP contribution in [0.4, 0.5) is 0 Å². The molecule has 0 fully saturated rings. The lowest BCUT2D eigenvalue weighted by Crippen LogP contribution is -1.97. The predicted molar refractivity (Wildman–Crippen MR) is 58.3 cm³/mol. The number of hydrogen-bond donors (Lipinski definition) is 0. The lowest BCUT2D eigenvalue weighted by molar-refractivity contribution is 0.112. The van der Waals surface area contributed by atoms with Gasteiger partial charge in [0.1, 0.15) is 5.75 Å². The van der Waals surface area contributed by atoms with Crippen molar-refractivity contribution in [1.29, 1.82) is 0 Å². The number of fused-ring (bicyclic) bond motifs is 1. The van der Waals surface area contributed by atoms with Crippen LogP contribution in [0.1, 0.15) is 17.3 Å². The van der Waals surface area contributed by atoms with E-state index >= 15 is 0 Å². The average molecular weight is 201 g/mol. The van der Waals surface area contributed by atoms with Gasteiger partial charge < -0.3 is 4.74 Å². The van der Waals surface area contributed by atoms with E-state index in [1.807, 2.05) is 25.1 Å². The Labute approximate surface area is 87.7 Å². The second-order valence-corrected chi connectivity index (χ2v) is 3.10. The van der Waals surface area contributed by atoms with Gasteiger partial charge in [-0.2, -0.15) is 0 Å². The maximum absolute atomic E-state index is 11.0. The second kappa shape index (κ2) is 4.09. The highest BCUT2D eigenvalue weighted by Gasteiger charge is 2.07. The topological polar surface area (TPSA) is 39.2 Å². The van der Waals surface area contributed by atoms with E-state index in [0.29, 0.717) is 23.4 Å². The molecule has 0 aliphatic rings. The highest BCUT2D eigenvalue weighted by atomic mass is 16.5. The Kier molecular flexibility index (Phi) is 2.63. The van der Waals surface area contributed by atoms with Gasteiger partial charge in [-0.1, -0.05) is 6.07 Å². The van der Waals surface area contributed by atoms with Gasteiger partial charge >= 0.3 is 0 Å². The van der Waals surface area contributed by atoms with Crippen LogP contribution in [-0.2, 0) is 0 Å². The maximum Gasteiger partial charge on any atom is 0.155 e. The molecule has 1 aromatic carbocycles. The van der Waals surface area contributed by atoms with Gasteiger partial charge in [-0.15, -0.1) is 0 Å². The van der Waals surface area contributed by atoms with E-state index in [-0.39, 0.29) is 0 Å². The van der Waals surface area contributed by atoms with Crippen molar-refractivity contribution in [1.82, 2.24) is 4.98 Å². The largest absolute Gasteiger partial charge is 0.493 e. The van der Waals surface area contributed by atoms with Crippen LogP contribution in [-0.4, -0.2) is 17.9 Å². The molecule has 15 heavy (non-hydrogen) atoms. The smallest absolute Gasteiger partial charge is 0.155 e. The van der Waals surface area contributed by atoms with E-state index in [0.717, 1.165) is 11.7 Å². The summed E-state index contributed by atoms with van der Waals surface area (Å²) >= 11 is 0. The van der Waals surface area contributed by atoms with Gasteiger partial charge in [0.05, 0.1) is 17.7 Å². The van der Waals surface area contributed by atoms with Crippen LogP contribution in [0.15, 0.2) is 30.5 Å². The fourth-order valence-corrected chi connectivity index (χ4v) is 1.54. The highest BCUT2D eigenvalue weighted by Crippen LogP contribution is 2.24. The molecule has 0 atom stereocenters. The van der Waals surface area contributed by atoms with Crippen LogP contribution in [0, 0.1) is 0 Å². The molecule has 2 rings (SSSR count). The number of hydrogen-bond acceptors (Lipinski definition) is 3. The Balaban J connectivity index is 2.69. The molecule has 1 heterocycles. The summed E-state index contributed by atoms with van der Waals surface area (Å²) in [4.78, 5) is 15.2. The van der Waals surface area contributed by atoms with Crippen molar-refractivity contribution >= 4 is 17.2 Å². The van der Waals surface area contributed by atoms with Gasteiger partial charge in [-0.05, 0) is 25.1 Å². The van der Waals surface area contributed by atoms with Crippen LogP contribution < -0.4 is 4.74 Å². The van der Waals surface area contributed by atoms with Gasteiger partial charge in [0, 0.05) is 11.6 Å². The van der Waals surface area contributed by atoms with Gasteiger partial charge in [-0.25, -0.2) is 0 Å². The van der Waals surface area contributed by atoms with Crippen LogP contribution in [0.3, 0.4) is 0 Å². The molecule has 0 aliphatic heterocycles. The van der Waals surface area contributed by atoms with Crippen molar-refractivity contribution in [2.24, 2.45) is 0 Å². The number of carbonyl (C=O) groups is 1. The molecule has 0 aliphatic carbocycles. The molecule has 0 unspecified atom stereocenters. The Morgan fingerprint density at radius 3 is 3.00 bits per heavy atom. The zero-order chi connectivity index (χ0) is 10.7. The number of ether oxygens (including phenoxy) is 1. The third-order valence-electron chi connectivity index (χ3n) is 2.19. The SMILES string of the molecule is CCOc1ccc2cccnc2c1C=O. The van der Waals surface area contributed by atoms with Gasteiger partial charge in [0.15, 0.2) is 6.29 Å². The fourth-order valence-electron chi connectivity index (χ4n) is 1.54. The van der Waals surface area contributed by atoms with Crippen molar-refractivity contribution in [3.63, 3.8) is 0 Å². The number of rotatable bonds is 3. The van der Waals surface area contributed by atoms with E-state index in [1.54, 1.807) is 12.3 Å². The molecule has 0 saturated heterocycles. The van der Waals surface area contributed by atoms with Crippen molar-refractivity contribution in [3.05, 3.63) is 36.0 Å². The van der Waals surface area contributed by atoms with Gasteiger partial charge in [0.25, 0.3) is 0 Å². The summed E-state index contributed by atoms with van der Waals surface area (Å²) in [5.41, 5.74) is 1.22. The average Bonchev–Trinajstić information content (AvgIpc) is 2.29. The highest BCUT2D eigenvalue weighted by molar-refractivity contribution is 5.98. The summed E-state index contributed by atoms with van der Waals surface area (Å²) in [6, 6.07) is 7.47. The summed E-state index contributed by atoms with van der Waals surface area (Å²) in [6.07, 6.45) is 2.46. The molecule has 0 spiro atoms. The molecule has 0 N–H and O–H groups in total. The molecular weight excluding hydrogens is 190 g/mol. The number of pyridine rings is 1. The Morgan fingerprint density at radius 1 is 1.40 bits per heavy atom. The molecule has 0 amide bonds. The summed E-state index contributed by atoms with van der Waals surface area (Å²) in [7, 11) is 0. The fraction of sp³-hybridized carbons (Fsp3) is 0.167. The molecule has 3 nitrogen and oxygen atoms in total. The summed E-state index contributed by atoms with van der Waals surface area (Å²) in [5, 5.41) is 0.947. The minimum atomic E-state index is 0.523. The zero-order valence-corrected chi connectivity index (χ0v) is 8.43. The first-order valence-electron chi connectivity index (χ1n) is 4.82. The lowest BCUT2D eigenvalue weighted by Gasteiger charge is -2.07. The van der Waals surface area contributed by atoms with Crippen molar-refractivity contribution in [2.45, 2.75) is 6.92 Å².